The fourth-order valence-corrected chi connectivity index (χ4v) is 3.20. The summed E-state index contributed by atoms with van der Waals surface area (Å²) in [6.07, 6.45) is 0. The molecule has 0 bridgehead atoms. The lowest BCUT2D eigenvalue weighted by Gasteiger charge is -2.22. The summed E-state index contributed by atoms with van der Waals surface area (Å²) in [4.78, 5) is 39.7. The quantitative estimate of drug-likeness (QED) is 0.643. The number of hydrogen-bond acceptors (Lipinski definition) is 4. The Morgan fingerprint density at radius 2 is 1.58 bits per heavy atom. The molecule has 1 atom stereocenters. The van der Waals surface area contributed by atoms with Gasteiger partial charge in [0.25, 0.3) is 11.8 Å². The van der Waals surface area contributed by atoms with Gasteiger partial charge in [-0.25, -0.2) is 0 Å². The molecule has 0 saturated heterocycles. The normalized spacial score (nSPS) is 11.5. The molecule has 0 heterocycles. The Morgan fingerprint density at radius 3 is 2.13 bits per heavy atom. The maximum absolute atomic E-state index is 12.9. The maximum Gasteiger partial charge on any atom is 0.255 e. The van der Waals surface area contributed by atoms with Crippen molar-refractivity contribution in [2.24, 2.45) is 5.92 Å². The molecule has 2 aromatic carbocycles. The molecule has 2 N–H and O–H groups in total. The second kappa shape index (κ2) is 11.2. The summed E-state index contributed by atoms with van der Waals surface area (Å²) in [7, 11) is 1.49. The van der Waals surface area contributed by atoms with Crippen molar-refractivity contribution in [1.82, 2.24) is 10.2 Å². The van der Waals surface area contributed by atoms with Crippen LogP contribution in [0, 0.1) is 5.92 Å². The second-order valence-electron chi connectivity index (χ2n) is 7.44. The van der Waals surface area contributed by atoms with Gasteiger partial charge in [-0.05, 0) is 56.2 Å². The average molecular weight is 426 g/mol. The number of rotatable bonds is 9. The fraction of sp³-hybridized carbons (Fsp3) is 0.375. The molecule has 2 rings (SSSR count). The van der Waals surface area contributed by atoms with Crippen LogP contribution in [0.2, 0.25) is 0 Å². The molecule has 166 valence electrons. The van der Waals surface area contributed by atoms with Gasteiger partial charge in [0, 0.05) is 24.3 Å². The SMILES string of the molecule is CCN(CC)C(=O)c1ccc(NC(=O)[C@@H](NC(=O)c2ccccc2OC)C(C)C)cc1. The standard InChI is InChI=1S/C24H31N3O4/c1-6-27(7-2)24(30)17-12-14-18(15-13-17)25-23(29)21(16(3)4)26-22(28)19-10-8-9-11-20(19)31-5/h8-16,21H,6-7H2,1-5H3,(H,25,29)(H,26,28)/t21-/m0/s1. The Hall–Kier alpha value is -3.35. The molecular weight excluding hydrogens is 394 g/mol. The van der Waals surface area contributed by atoms with E-state index in [0.29, 0.717) is 35.7 Å². The lowest BCUT2D eigenvalue weighted by Crippen LogP contribution is -2.47. The van der Waals surface area contributed by atoms with Gasteiger partial charge in [0.15, 0.2) is 0 Å². The summed E-state index contributed by atoms with van der Waals surface area (Å²) in [5.41, 5.74) is 1.48. The van der Waals surface area contributed by atoms with E-state index in [4.69, 9.17) is 4.74 Å². The number of ether oxygens (including phenoxy) is 1. The largest absolute Gasteiger partial charge is 0.496 e. The average Bonchev–Trinajstić information content (AvgIpc) is 2.78. The molecule has 3 amide bonds. The van der Waals surface area contributed by atoms with Crippen LogP contribution in [-0.2, 0) is 4.79 Å². The lowest BCUT2D eigenvalue weighted by atomic mass is 10.0. The van der Waals surface area contributed by atoms with Crippen LogP contribution < -0.4 is 15.4 Å². The Balaban J connectivity index is 2.10. The highest BCUT2D eigenvalue weighted by Gasteiger charge is 2.26. The minimum absolute atomic E-state index is 0.0491. The van der Waals surface area contributed by atoms with Gasteiger partial charge >= 0.3 is 0 Å². The third-order valence-corrected chi connectivity index (χ3v) is 5.04. The van der Waals surface area contributed by atoms with Gasteiger partial charge in [-0.3, -0.25) is 14.4 Å². The van der Waals surface area contributed by atoms with Gasteiger partial charge in [-0.2, -0.15) is 0 Å². The predicted octanol–water partition coefficient (Wildman–Crippen LogP) is 3.57. The molecular formula is C24H31N3O4. The summed E-state index contributed by atoms with van der Waals surface area (Å²) in [6.45, 7) is 8.85. The van der Waals surface area contributed by atoms with Gasteiger partial charge in [0.2, 0.25) is 5.91 Å². The third-order valence-electron chi connectivity index (χ3n) is 5.04. The van der Waals surface area contributed by atoms with Crippen LogP contribution in [0.25, 0.3) is 0 Å². The molecule has 0 saturated carbocycles. The molecule has 0 unspecified atom stereocenters. The van der Waals surface area contributed by atoms with E-state index >= 15 is 0 Å². The number of benzene rings is 2. The number of hydrogen-bond donors (Lipinski definition) is 2. The first-order valence-electron chi connectivity index (χ1n) is 10.5. The first-order chi connectivity index (χ1) is 14.8. The molecule has 0 aromatic heterocycles. The van der Waals surface area contributed by atoms with Crippen LogP contribution in [-0.4, -0.2) is 48.9 Å². The number of carbonyl (C=O) groups is 3. The van der Waals surface area contributed by atoms with Crippen molar-refractivity contribution in [2.45, 2.75) is 33.7 Å². The summed E-state index contributed by atoms with van der Waals surface area (Å²) in [5.74, 6) is -0.460. The molecule has 0 fully saturated rings. The van der Waals surface area contributed by atoms with E-state index < -0.39 is 6.04 Å². The van der Waals surface area contributed by atoms with Gasteiger partial charge in [-0.1, -0.05) is 26.0 Å². The molecule has 0 aliphatic carbocycles. The van der Waals surface area contributed by atoms with Crippen molar-refractivity contribution in [1.29, 1.82) is 0 Å². The summed E-state index contributed by atoms with van der Waals surface area (Å²) in [6, 6.07) is 12.9. The summed E-state index contributed by atoms with van der Waals surface area (Å²) in [5, 5.41) is 5.62. The number of methoxy groups -OCH3 is 1. The number of nitrogens with one attached hydrogen (secondary N) is 2. The molecule has 7 heteroatoms. The van der Waals surface area contributed by atoms with E-state index in [1.165, 1.54) is 7.11 Å². The topological polar surface area (TPSA) is 87.7 Å². The van der Waals surface area contributed by atoms with Crippen molar-refractivity contribution in [3.05, 3.63) is 59.7 Å². The van der Waals surface area contributed by atoms with Crippen molar-refractivity contribution in [2.75, 3.05) is 25.5 Å². The van der Waals surface area contributed by atoms with Gasteiger partial charge in [0.05, 0.1) is 12.7 Å². The van der Waals surface area contributed by atoms with Crippen LogP contribution in [0.3, 0.4) is 0 Å². The second-order valence-corrected chi connectivity index (χ2v) is 7.44. The molecule has 0 spiro atoms. The molecule has 31 heavy (non-hydrogen) atoms. The van der Waals surface area contributed by atoms with E-state index in [1.54, 1.807) is 53.4 Å². The Kier molecular flexibility index (Phi) is 8.61. The fourth-order valence-electron chi connectivity index (χ4n) is 3.20. The zero-order valence-electron chi connectivity index (χ0n) is 18.8. The summed E-state index contributed by atoms with van der Waals surface area (Å²) >= 11 is 0. The minimum Gasteiger partial charge on any atom is -0.496 e. The Bertz CT molecular complexity index is 905. The number of para-hydroxylation sites is 1. The highest BCUT2D eigenvalue weighted by Crippen LogP contribution is 2.18. The molecule has 7 nitrogen and oxygen atoms in total. The summed E-state index contributed by atoms with van der Waals surface area (Å²) < 4.78 is 5.24. The smallest absolute Gasteiger partial charge is 0.255 e. The first kappa shape index (κ1) is 23.9. The van der Waals surface area contributed by atoms with Crippen LogP contribution in [0.5, 0.6) is 5.75 Å². The zero-order chi connectivity index (χ0) is 23.0. The van der Waals surface area contributed by atoms with Gasteiger partial charge in [-0.15, -0.1) is 0 Å². The highest BCUT2D eigenvalue weighted by molar-refractivity contribution is 6.02. The number of anilines is 1. The number of carbonyl (C=O) groups excluding carboxylic acids is 3. The Morgan fingerprint density at radius 1 is 0.968 bits per heavy atom. The van der Waals surface area contributed by atoms with Crippen molar-refractivity contribution in [3.63, 3.8) is 0 Å². The molecule has 0 aliphatic heterocycles. The van der Waals surface area contributed by atoms with E-state index in [-0.39, 0.29) is 23.6 Å². The third kappa shape index (κ3) is 6.07. The number of amides is 3. The van der Waals surface area contributed by atoms with E-state index in [2.05, 4.69) is 10.6 Å². The Labute approximate surface area is 183 Å². The van der Waals surface area contributed by atoms with E-state index in [1.807, 2.05) is 27.7 Å². The van der Waals surface area contributed by atoms with E-state index in [0.717, 1.165) is 0 Å². The monoisotopic (exact) mass is 425 g/mol. The highest BCUT2D eigenvalue weighted by atomic mass is 16.5. The van der Waals surface area contributed by atoms with Crippen LogP contribution in [0.4, 0.5) is 5.69 Å². The van der Waals surface area contributed by atoms with Gasteiger partial charge in [0.1, 0.15) is 11.8 Å². The van der Waals surface area contributed by atoms with Crippen LogP contribution in [0.1, 0.15) is 48.4 Å². The van der Waals surface area contributed by atoms with Gasteiger partial charge < -0.3 is 20.3 Å². The zero-order valence-corrected chi connectivity index (χ0v) is 18.8. The number of nitrogens with zero attached hydrogens (tertiary/aromatic N) is 1. The minimum atomic E-state index is -0.741. The van der Waals surface area contributed by atoms with Crippen molar-refractivity contribution < 1.29 is 19.1 Å². The van der Waals surface area contributed by atoms with Crippen LogP contribution >= 0.6 is 0 Å². The van der Waals surface area contributed by atoms with Crippen molar-refractivity contribution >= 4 is 23.4 Å². The maximum atomic E-state index is 12.9. The van der Waals surface area contributed by atoms with Crippen molar-refractivity contribution in [3.8, 4) is 5.75 Å². The molecule has 0 aliphatic rings. The predicted molar refractivity (Wildman–Crippen MR) is 121 cm³/mol. The van der Waals surface area contributed by atoms with E-state index in [9.17, 15) is 14.4 Å². The lowest BCUT2D eigenvalue weighted by molar-refractivity contribution is -0.118. The first-order valence-corrected chi connectivity index (χ1v) is 10.5. The molecule has 2 aromatic rings. The van der Waals surface area contributed by atoms with Crippen LogP contribution in [0.15, 0.2) is 48.5 Å². The molecule has 0 radical (unpaired) electrons.